The van der Waals surface area contributed by atoms with Crippen molar-refractivity contribution < 1.29 is 0 Å². The molecular weight excluding hydrogens is 288 g/mol. The van der Waals surface area contributed by atoms with E-state index in [-0.39, 0.29) is 0 Å². The summed E-state index contributed by atoms with van der Waals surface area (Å²) in [6.07, 6.45) is 3.76. The number of fused-ring (bicyclic) bond motifs is 3. The van der Waals surface area contributed by atoms with Crippen molar-refractivity contribution in [2.75, 3.05) is 24.7 Å². The highest BCUT2D eigenvalue weighted by molar-refractivity contribution is 5.90. The number of nitrogens with one attached hydrogen (secondary N) is 2. The van der Waals surface area contributed by atoms with Gasteiger partial charge in [0.25, 0.3) is 0 Å². The summed E-state index contributed by atoms with van der Waals surface area (Å²) in [4.78, 5) is 16.5. The van der Waals surface area contributed by atoms with Crippen LogP contribution in [0, 0.1) is 13.8 Å². The maximum absolute atomic E-state index is 4.69. The minimum Gasteiger partial charge on any atom is -0.372 e. The average molecular weight is 312 g/mol. The minimum atomic E-state index is 0.437. The number of hydrogen-bond acceptors (Lipinski definition) is 6. The standard InChI is InChI=1S/C17H24N6/c1-9-7-10(2)19-16-14(9)15(18-3)21-17(22-16)20-12-8-11-5-6-13(12)23(11)4/h7,11-13H,5-6,8H2,1-4H3,(H2,18,19,20,21,22). The smallest absolute Gasteiger partial charge is 0.227 e. The van der Waals surface area contributed by atoms with Crippen LogP contribution in [0.25, 0.3) is 11.0 Å². The van der Waals surface area contributed by atoms with Crippen LogP contribution < -0.4 is 10.6 Å². The van der Waals surface area contributed by atoms with Gasteiger partial charge in [-0.15, -0.1) is 0 Å². The van der Waals surface area contributed by atoms with Crippen molar-refractivity contribution in [2.45, 2.75) is 51.2 Å². The van der Waals surface area contributed by atoms with Crippen molar-refractivity contribution in [2.24, 2.45) is 0 Å². The molecule has 6 nitrogen and oxygen atoms in total. The molecule has 2 aliphatic rings. The lowest BCUT2D eigenvalue weighted by Crippen LogP contribution is -2.35. The molecule has 0 saturated carbocycles. The first-order valence-electron chi connectivity index (χ1n) is 8.39. The van der Waals surface area contributed by atoms with Gasteiger partial charge in [-0.25, -0.2) is 4.98 Å². The molecule has 2 bridgehead atoms. The van der Waals surface area contributed by atoms with E-state index in [1.165, 1.54) is 19.3 Å². The highest BCUT2D eigenvalue weighted by Crippen LogP contribution is 2.37. The van der Waals surface area contributed by atoms with E-state index in [1.54, 1.807) is 0 Å². The molecule has 2 saturated heterocycles. The molecule has 4 rings (SSSR count). The summed E-state index contributed by atoms with van der Waals surface area (Å²) >= 11 is 0. The molecule has 2 fully saturated rings. The van der Waals surface area contributed by atoms with Gasteiger partial charge < -0.3 is 10.6 Å². The second-order valence-electron chi connectivity index (χ2n) is 6.88. The zero-order chi connectivity index (χ0) is 16.1. The molecule has 0 amide bonds. The summed E-state index contributed by atoms with van der Waals surface area (Å²) in [6.45, 7) is 4.09. The lowest BCUT2D eigenvalue weighted by molar-refractivity contribution is 0.310. The van der Waals surface area contributed by atoms with Crippen LogP contribution in [0.1, 0.15) is 30.5 Å². The number of aryl methyl sites for hydroxylation is 2. The van der Waals surface area contributed by atoms with Crippen LogP contribution in [0.15, 0.2) is 6.07 Å². The van der Waals surface area contributed by atoms with E-state index in [0.717, 1.165) is 28.1 Å². The summed E-state index contributed by atoms with van der Waals surface area (Å²) in [5, 5.41) is 7.77. The summed E-state index contributed by atoms with van der Waals surface area (Å²) < 4.78 is 0. The Hall–Kier alpha value is -1.95. The Labute approximate surface area is 136 Å². The Morgan fingerprint density at radius 3 is 2.65 bits per heavy atom. The van der Waals surface area contributed by atoms with E-state index in [1.807, 2.05) is 14.0 Å². The number of anilines is 2. The van der Waals surface area contributed by atoms with Gasteiger partial charge in [-0.05, 0) is 51.8 Å². The van der Waals surface area contributed by atoms with Crippen LogP contribution in [-0.2, 0) is 0 Å². The average Bonchev–Trinajstić information content (AvgIpc) is 3.00. The number of hydrogen-bond donors (Lipinski definition) is 2. The molecule has 6 heteroatoms. The molecule has 3 unspecified atom stereocenters. The highest BCUT2D eigenvalue weighted by atomic mass is 15.3. The predicted molar refractivity (Wildman–Crippen MR) is 93.0 cm³/mol. The van der Waals surface area contributed by atoms with Crippen LogP contribution >= 0.6 is 0 Å². The zero-order valence-electron chi connectivity index (χ0n) is 14.2. The van der Waals surface area contributed by atoms with Gasteiger partial charge in [0.15, 0.2) is 5.65 Å². The summed E-state index contributed by atoms with van der Waals surface area (Å²) in [6, 6.07) is 3.82. The van der Waals surface area contributed by atoms with E-state index in [0.29, 0.717) is 24.1 Å². The summed E-state index contributed by atoms with van der Waals surface area (Å²) in [7, 11) is 4.13. The van der Waals surface area contributed by atoms with E-state index in [9.17, 15) is 0 Å². The third-order valence-electron chi connectivity index (χ3n) is 5.43. The van der Waals surface area contributed by atoms with Gasteiger partial charge >= 0.3 is 0 Å². The molecule has 3 atom stereocenters. The first-order valence-corrected chi connectivity index (χ1v) is 8.39. The third kappa shape index (κ3) is 2.32. The molecule has 2 aromatic heterocycles. The summed E-state index contributed by atoms with van der Waals surface area (Å²) in [5.74, 6) is 1.53. The zero-order valence-corrected chi connectivity index (χ0v) is 14.2. The van der Waals surface area contributed by atoms with Gasteiger partial charge in [-0.1, -0.05) is 0 Å². The normalized spacial score (nSPS) is 26.9. The fourth-order valence-electron chi connectivity index (χ4n) is 4.30. The highest BCUT2D eigenvalue weighted by Gasteiger charge is 2.44. The lowest BCUT2D eigenvalue weighted by atomic mass is 9.96. The van der Waals surface area contributed by atoms with E-state index in [2.05, 4.69) is 45.5 Å². The second kappa shape index (κ2) is 5.30. The lowest BCUT2D eigenvalue weighted by Gasteiger charge is -2.23. The molecule has 0 aromatic carbocycles. The predicted octanol–water partition coefficient (Wildman–Crippen LogP) is 2.33. The molecule has 0 spiro atoms. The van der Waals surface area contributed by atoms with Crippen molar-refractivity contribution >= 4 is 22.8 Å². The van der Waals surface area contributed by atoms with Crippen molar-refractivity contribution in [1.82, 2.24) is 19.9 Å². The fraction of sp³-hybridized carbons (Fsp3) is 0.588. The Kier molecular flexibility index (Phi) is 3.37. The van der Waals surface area contributed by atoms with Crippen LogP contribution in [0.4, 0.5) is 11.8 Å². The van der Waals surface area contributed by atoms with E-state index < -0.39 is 0 Å². The van der Waals surface area contributed by atoms with E-state index >= 15 is 0 Å². The molecule has 2 aromatic rings. The Morgan fingerprint density at radius 2 is 2.00 bits per heavy atom. The van der Waals surface area contributed by atoms with Gasteiger partial charge in [0.1, 0.15) is 5.82 Å². The van der Waals surface area contributed by atoms with Crippen molar-refractivity contribution in [3.05, 3.63) is 17.3 Å². The molecule has 122 valence electrons. The van der Waals surface area contributed by atoms with Gasteiger partial charge in [0, 0.05) is 30.9 Å². The van der Waals surface area contributed by atoms with E-state index in [4.69, 9.17) is 4.98 Å². The number of pyridine rings is 1. The van der Waals surface area contributed by atoms with Gasteiger partial charge in [0.05, 0.1) is 5.39 Å². The van der Waals surface area contributed by atoms with Crippen molar-refractivity contribution in [3.63, 3.8) is 0 Å². The minimum absolute atomic E-state index is 0.437. The molecule has 2 aliphatic heterocycles. The van der Waals surface area contributed by atoms with Crippen molar-refractivity contribution in [3.8, 4) is 0 Å². The van der Waals surface area contributed by atoms with Crippen LogP contribution in [0.3, 0.4) is 0 Å². The topological polar surface area (TPSA) is 66.0 Å². The molecule has 23 heavy (non-hydrogen) atoms. The van der Waals surface area contributed by atoms with Gasteiger partial charge in [0.2, 0.25) is 5.95 Å². The van der Waals surface area contributed by atoms with Crippen LogP contribution in [0.5, 0.6) is 0 Å². The Balaban J connectivity index is 1.71. The first kappa shape index (κ1) is 14.6. The second-order valence-corrected chi connectivity index (χ2v) is 6.88. The SMILES string of the molecule is CNc1nc(NC2CC3CCC2N3C)nc2nc(C)cc(C)c12. The quantitative estimate of drug-likeness (QED) is 0.907. The Bertz CT molecular complexity index is 758. The maximum atomic E-state index is 4.69. The van der Waals surface area contributed by atoms with Crippen LogP contribution in [-0.4, -0.2) is 52.1 Å². The van der Waals surface area contributed by atoms with Gasteiger partial charge in [-0.2, -0.15) is 9.97 Å². The number of rotatable bonds is 3. The summed E-state index contributed by atoms with van der Waals surface area (Å²) in [5.41, 5.74) is 2.91. The molecular formula is C17H24N6. The monoisotopic (exact) mass is 312 g/mol. The molecule has 2 N–H and O–H groups in total. The first-order chi connectivity index (χ1) is 11.1. The molecule has 0 aliphatic carbocycles. The number of nitrogens with zero attached hydrogens (tertiary/aromatic N) is 4. The van der Waals surface area contributed by atoms with Crippen LogP contribution in [0.2, 0.25) is 0 Å². The fourth-order valence-corrected chi connectivity index (χ4v) is 4.30. The molecule has 4 heterocycles. The number of likely N-dealkylation sites (N-methyl/N-ethyl adjacent to an activating group) is 1. The Morgan fingerprint density at radius 1 is 1.17 bits per heavy atom. The maximum Gasteiger partial charge on any atom is 0.227 e. The molecule has 0 radical (unpaired) electrons. The van der Waals surface area contributed by atoms with Crippen molar-refractivity contribution in [1.29, 1.82) is 0 Å². The van der Waals surface area contributed by atoms with Gasteiger partial charge in [-0.3, -0.25) is 4.90 Å². The largest absolute Gasteiger partial charge is 0.372 e. The number of aromatic nitrogens is 3. The third-order valence-corrected chi connectivity index (χ3v) is 5.43.